The average Bonchev–Trinajstić information content (AvgIpc) is 3.03. The number of rotatable bonds is 7. The molecule has 2 aromatic heterocycles. The zero-order chi connectivity index (χ0) is 21.9. The van der Waals surface area contributed by atoms with Gasteiger partial charge in [-0.3, -0.25) is 4.79 Å². The van der Waals surface area contributed by atoms with Crippen LogP contribution in [0.15, 0.2) is 29.2 Å². The molecule has 0 bridgehead atoms. The van der Waals surface area contributed by atoms with Crippen molar-refractivity contribution in [3.63, 3.8) is 0 Å². The second kappa shape index (κ2) is 9.19. The molecule has 160 valence electrons. The number of hydrogen-bond acceptors (Lipinski definition) is 7. The zero-order valence-electron chi connectivity index (χ0n) is 16.3. The number of ether oxygens (including phenoxy) is 2. The predicted octanol–water partition coefficient (Wildman–Crippen LogP) is 5.06. The maximum atomic E-state index is 12.9. The molecule has 2 heterocycles. The van der Waals surface area contributed by atoms with Gasteiger partial charge in [0.25, 0.3) is 5.91 Å². The minimum absolute atomic E-state index is 0.189. The topological polar surface area (TPSA) is 73.3 Å². The Bertz CT molecular complexity index is 1070. The fourth-order valence-corrected chi connectivity index (χ4v) is 4.59. The molecule has 0 saturated carbocycles. The van der Waals surface area contributed by atoms with Crippen molar-refractivity contribution >= 4 is 44.9 Å². The number of halogens is 3. The second-order valence-corrected chi connectivity index (χ2v) is 8.19. The highest BCUT2D eigenvalue weighted by Gasteiger charge is 2.28. The summed E-state index contributed by atoms with van der Waals surface area (Å²) in [4.78, 5) is 22.9. The number of amides is 1. The summed E-state index contributed by atoms with van der Waals surface area (Å²) in [6, 6.07) is 6.37. The smallest absolute Gasteiger partial charge is 0.398 e. The molecule has 6 nitrogen and oxygen atoms in total. The van der Waals surface area contributed by atoms with Gasteiger partial charge in [-0.15, -0.1) is 23.1 Å². The third-order valence-corrected chi connectivity index (χ3v) is 6.33. The van der Waals surface area contributed by atoms with Crippen molar-refractivity contribution in [2.45, 2.75) is 24.6 Å². The molecule has 0 unspecified atom stereocenters. The van der Waals surface area contributed by atoms with Crippen LogP contribution in [0.1, 0.15) is 21.1 Å². The van der Waals surface area contributed by atoms with Gasteiger partial charge in [0.2, 0.25) is 5.88 Å². The highest BCUT2D eigenvalue weighted by molar-refractivity contribution is 7.99. The van der Waals surface area contributed by atoms with Gasteiger partial charge in [-0.2, -0.15) is 18.2 Å². The Morgan fingerprint density at radius 3 is 2.63 bits per heavy atom. The van der Waals surface area contributed by atoms with E-state index in [9.17, 15) is 18.0 Å². The summed E-state index contributed by atoms with van der Waals surface area (Å²) < 4.78 is 48.2. The summed E-state index contributed by atoms with van der Waals surface area (Å²) >= 11 is 1.78. The summed E-state index contributed by atoms with van der Waals surface area (Å²) in [6.45, 7) is 1.94. The molecule has 0 radical (unpaired) electrons. The third kappa shape index (κ3) is 5.02. The molecule has 0 fully saturated rings. The number of thioether (sulfide) groups is 1. The third-order valence-electron chi connectivity index (χ3n) is 4.00. The molecule has 0 aliphatic carbocycles. The summed E-state index contributed by atoms with van der Waals surface area (Å²) in [5, 5.41) is 3.33. The van der Waals surface area contributed by atoms with Crippen LogP contribution in [0.25, 0.3) is 10.2 Å². The minimum Gasteiger partial charge on any atom is -0.480 e. The zero-order valence-corrected chi connectivity index (χ0v) is 17.9. The van der Waals surface area contributed by atoms with Crippen LogP contribution in [0.4, 0.5) is 18.9 Å². The van der Waals surface area contributed by atoms with Crippen molar-refractivity contribution in [2.75, 3.05) is 25.3 Å². The van der Waals surface area contributed by atoms with Gasteiger partial charge in [-0.25, -0.2) is 4.98 Å². The minimum atomic E-state index is -4.31. The lowest BCUT2D eigenvalue weighted by molar-refractivity contribution is -0.105. The highest BCUT2D eigenvalue weighted by Crippen LogP contribution is 2.37. The molecule has 3 rings (SSSR count). The molecule has 0 aliphatic heterocycles. The highest BCUT2D eigenvalue weighted by atomic mass is 32.2. The van der Waals surface area contributed by atoms with Crippen molar-refractivity contribution in [3.05, 3.63) is 40.5 Å². The number of hydrogen-bond donors (Lipinski definition) is 1. The Morgan fingerprint density at radius 2 is 1.97 bits per heavy atom. The fraction of sp³-hybridized carbons (Fsp3) is 0.316. The number of nitrogens with zero attached hydrogens (tertiary/aromatic N) is 2. The molecule has 3 aromatic rings. The van der Waals surface area contributed by atoms with E-state index in [0.29, 0.717) is 54.7 Å². The largest absolute Gasteiger partial charge is 0.480 e. The molecule has 1 aromatic carbocycles. The van der Waals surface area contributed by atoms with E-state index in [2.05, 4.69) is 15.3 Å². The maximum absolute atomic E-state index is 12.9. The van der Waals surface area contributed by atoms with Crippen LogP contribution in [0.2, 0.25) is 0 Å². The molecule has 0 spiro atoms. The van der Waals surface area contributed by atoms with Crippen LogP contribution in [0.5, 0.6) is 5.88 Å². The number of benzene rings is 1. The van der Waals surface area contributed by atoms with Crippen LogP contribution in [-0.2, 0) is 11.3 Å². The van der Waals surface area contributed by atoms with E-state index in [-0.39, 0.29) is 6.61 Å². The number of nitrogens with one attached hydrogen (secondary N) is 1. The lowest BCUT2D eigenvalue weighted by Gasteiger charge is -2.11. The van der Waals surface area contributed by atoms with Gasteiger partial charge in [-0.1, -0.05) is 12.1 Å². The van der Waals surface area contributed by atoms with Gasteiger partial charge < -0.3 is 14.8 Å². The van der Waals surface area contributed by atoms with Crippen molar-refractivity contribution in [1.82, 2.24) is 9.97 Å². The molecular formula is C19H18F3N3O3S2. The van der Waals surface area contributed by atoms with Crippen LogP contribution in [0.3, 0.4) is 0 Å². The van der Waals surface area contributed by atoms with Crippen LogP contribution in [-0.4, -0.2) is 42.0 Å². The van der Waals surface area contributed by atoms with Crippen molar-refractivity contribution < 1.29 is 27.4 Å². The number of carbonyl (C=O) groups excluding carboxylic acids is 1. The van der Waals surface area contributed by atoms with Gasteiger partial charge >= 0.3 is 6.18 Å². The Balaban J connectivity index is 1.92. The lowest BCUT2D eigenvalue weighted by atomic mass is 10.2. The number of para-hydroxylation sites is 1. The monoisotopic (exact) mass is 457 g/mol. The first kappa shape index (κ1) is 22.3. The van der Waals surface area contributed by atoms with E-state index < -0.39 is 17.8 Å². The van der Waals surface area contributed by atoms with Gasteiger partial charge in [-0.05, 0) is 24.6 Å². The van der Waals surface area contributed by atoms with Crippen molar-refractivity contribution in [1.29, 1.82) is 0 Å². The van der Waals surface area contributed by atoms with Crippen molar-refractivity contribution in [3.8, 4) is 5.88 Å². The first-order valence-corrected chi connectivity index (χ1v) is 10.5. The number of aryl methyl sites for hydroxylation is 1. The standard InChI is InChI=1S/C19H18F3N3O3S2/c1-10-14-17(28-3)24-13(8-27-2)25-18(14)30-15(10)16(26)23-11-6-4-5-7-12(11)29-9-19(20,21)22/h4-7H,8-9H2,1-3H3,(H,23,26). The van der Waals surface area contributed by atoms with Crippen LogP contribution < -0.4 is 10.1 Å². The predicted molar refractivity (Wildman–Crippen MR) is 111 cm³/mol. The van der Waals surface area contributed by atoms with Gasteiger partial charge in [0.05, 0.1) is 28.8 Å². The first-order valence-electron chi connectivity index (χ1n) is 8.66. The van der Waals surface area contributed by atoms with E-state index in [1.165, 1.54) is 20.3 Å². The summed E-state index contributed by atoms with van der Waals surface area (Å²) in [5.41, 5.74) is 0.945. The number of anilines is 1. The van der Waals surface area contributed by atoms with E-state index in [1.807, 2.05) is 0 Å². The summed E-state index contributed by atoms with van der Waals surface area (Å²) in [6.07, 6.45) is -4.31. The average molecular weight is 457 g/mol. The van der Waals surface area contributed by atoms with E-state index >= 15 is 0 Å². The number of methoxy groups -OCH3 is 2. The molecule has 30 heavy (non-hydrogen) atoms. The normalized spacial score (nSPS) is 11.7. The van der Waals surface area contributed by atoms with Crippen molar-refractivity contribution in [2.24, 2.45) is 0 Å². The Labute approximate surface area is 178 Å². The molecule has 1 amide bonds. The molecule has 0 saturated heterocycles. The Hall–Kier alpha value is -2.37. The van der Waals surface area contributed by atoms with E-state index in [1.54, 1.807) is 25.1 Å². The van der Waals surface area contributed by atoms with Gasteiger partial charge in [0.15, 0.2) is 5.82 Å². The molecule has 0 aliphatic rings. The summed E-state index contributed by atoms with van der Waals surface area (Å²) in [7, 11) is 3.00. The molecule has 1 N–H and O–H groups in total. The SMILES string of the molecule is COCc1nc(OC)c2c(C)c(C(=O)Nc3ccccc3SCC(F)(F)F)sc2n1. The summed E-state index contributed by atoms with van der Waals surface area (Å²) in [5.74, 6) is -0.729. The van der Waals surface area contributed by atoms with E-state index in [4.69, 9.17) is 9.47 Å². The number of alkyl halides is 3. The van der Waals surface area contributed by atoms with E-state index in [0.717, 1.165) is 11.3 Å². The first-order chi connectivity index (χ1) is 14.2. The van der Waals surface area contributed by atoms with Crippen LogP contribution in [0, 0.1) is 6.92 Å². The Kier molecular flexibility index (Phi) is 6.84. The number of thiophene rings is 1. The quantitative estimate of drug-likeness (QED) is 0.500. The fourth-order valence-electron chi connectivity index (χ4n) is 2.74. The Morgan fingerprint density at radius 1 is 1.23 bits per heavy atom. The van der Waals surface area contributed by atoms with Gasteiger partial charge in [0, 0.05) is 12.0 Å². The lowest BCUT2D eigenvalue weighted by Crippen LogP contribution is -2.13. The molecule has 11 heteroatoms. The molecule has 0 atom stereocenters. The molecular weight excluding hydrogens is 439 g/mol. The maximum Gasteiger partial charge on any atom is 0.398 e. The number of carbonyl (C=O) groups is 1. The second-order valence-electron chi connectivity index (χ2n) is 6.17. The number of aromatic nitrogens is 2. The van der Waals surface area contributed by atoms with Gasteiger partial charge in [0.1, 0.15) is 11.4 Å². The number of fused-ring (bicyclic) bond motifs is 1. The van der Waals surface area contributed by atoms with Crippen LogP contribution >= 0.6 is 23.1 Å².